The first-order chi connectivity index (χ1) is 13.8. The Hall–Kier alpha value is -3.17. The van der Waals surface area contributed by atoms with Gasteiger partial charge in [-0.3, -0.25) is 4.55 Å². The van der Waals surface area contributed by atoms with Gasteiger partial charge in [0.2, 0.25) is 5.82 Å². The molecule has 0 unspecified atom stereocenters. The minimum absolute atomic E-state index is 0.00531. The minimum atomic E-state index is -4.63. The fourth-order valence-corrected chi connectivity index (χ4v) is 3.27. The molecule has 0 fully saturated rings. The van der Waals surface area contributed by atoms with Gasteiger partial charge >= 0.3 is 0 Å². The van der Waals surface area contributed by atoms with Crippen LogP contribution < -0.4 is 10.1 Å². The molecule has 0 aliphatic carbocycles. The van der Waals surface area contributed by atoms with E-state index in [0.29, 0.717) is 5.02 Å². The molecule has 0 bridgehead atoms. The van der Waals surface area contributed by atoms with Crippen LogP contribution in [-0.2, 0) is 10.1 Å². The second-order valence-electron chi connectivity index (χ2n) is 5.36. The van der Waals surface area contributed by atoms with Crippen LogP contribution in [0.2, 0.25) is 10.0 Å². The van der Waals surface area contributed by atoms with E-state index in [1.165, 1.54) is 30.5 Å². The maximum absolute atomic E-state index is 11.8. The second kappa shape index (κ2) is 8.46. The number of nitrogens with zero attached hydrogens (tertiary/aromatic N) is 4. The Labute approximate surface area is 174 Å². The average molecular weight is 453 g/mol. The summed E-state index contributed by atoms with van der Waals surface area (Å²) in [6.07, 6.45) is 1.17. The van der Waals surface area contributed by atoms with Crippen molar-refractivity contribution in [2.45, 2.75) is 4.90 Å². The number of anilines is 1. The number of rotatable bonds is 6. The van der Waals surface area contributed by atoms with Crippen LogP contribution in [0.25, 0.3) is 5.57 Å². The molecule has 0 saturated carbocycles. The van der Waals surface area contributed by atoms with E-state index < -0.39 is 15.0 Å². The Morgan fingerprint density at radius 3 is 2.69 bits per heavy atom. The molecule has 0 atom stereocenters. The van der Waals surface area contributed by atoms with Crippen molar-refractivity contribution in [2.75, 3.05) is 5.32 Å². The zero-order valence-corrected chi connectivity index (χ0v) is 16.5. The van der Waals surface area contributed by atoms with E-state index in [9.17, 15) is 13.0 Å². The highest BCUT2D eigenvalue weighted by atomic mass is 35.5. The molecule has 3 N–H and O–H groups in total. The third kappa shape index (κ3) is 5.01. The fourth-order valence-electron chi connectivity index (χ4n) is 2.16. The Kier molecular flexibility index (Phi) is 6.00. The quantitative estimate of drug-likeness (QED) is 0.376. The Bertz CT molecular complexity index is 1220. The van der Waals surface area contributed by atoms with Crippen LogP contribution in [0.1, 0.15) is 5.82 Å². The van der Waals surface area contributed by atoms with Crippen LogP contribution in [0.3, 0.4) is 0 Å². The molecule has 1 aromatic heterocycles. The van der Waals surface area contributed by atoms with Gasteiger partial charge in [-0.15, -0.1) is 10.2 Å². The minimum Gasteiger partial charge on any atom is -0.456 e. The second-order valence-corrected chi connectivity index (χ2v) is 7.59. The van der Waals surface area contributed by atoms with Crippen molar-refractivity contribution in [3.63, 3.8) is 0 Å². The Balaban J connectivity index is 1.94. The zero-order chi connectivity index (χ0) is 21.0. The van der Waals surface area contributed by atoms with Crippen molar-refractivity contribution >= 4 is 44.6 Å². The normalized spacial score (nSPS) is 11.7. The molecule has 1 heterocycles. The number of ether oxygens (including phenoxy) is 1. The van der Waals surface area contributed by atoms with Crippen LogP contribution in [0.15, 0.2) is 47.5 Å². The number of nitrogens with one attached hydrogen (secondary N) is 2. The van der Waals surface area contributed by atoms with Crippen LogP contribution >= 0.6 is 23.2 Å². The van der Waals surface area contributed by atoms with E-state index in [4.69, 9.17) is 33.2 Å². The lowest BCUT2D eigenvalue weighted by Crippen LogP contribution is -2.04. The summed E-state index contributed by atoms with van der Waals surface area (Å²) in [5.41, 5.74) is -0.0355. The van der Waals surface area contributed by atoms with Gasteiger partial charge in [0.15, 0.2) is 0 Å². The molecule has 0 spiro atoms. The molecular formula is C16H10Cl2N6O4S. The number of nitriles is 1. The summed E-state index contributed by atoms with van der Waals surface area (Å²) in [7, 11) is -4.63. The van der Waals surface area contributed by atoms with Gasteiger partial charge in [-0.25, -0.2) is 0 Å². The highest BCUT2D eigenvalue weighted by molar-refractivity contribution is 7.86. The van der Waals surface area contributed by atoms with Gasteiger partial charge < -0.3 is 10.1 Å². The number of aromatic nitrogens is 4. The van der Waals surface area contributed by atoms with E-state index in [1.807, 2.05) is 6.07 Å². The first-order valence-electron chi connectivity index (χ1n) is 7.63. The maximum atomic E-state index is 11.8. The number of tetrazole rings is 1. The smallest absolute Gasteiger partial charge is 0.296 e. The summed E-state index contributed by atoms with van der Waals surface area (Å²) < 4.78 is 38.7. The van der Waals surface area contributed by atoms with Crippen LogP contribution in [0.5, 0.6) is 11.5 Å². The lowest BCUT2D eigenvalue weighted by molar-refractivity contribution is 0.472. The van der Waals surface area contributed by atoms with E-state index in [-0.39, 0.29) is 33.6 Å². The molecular weight excluding hydrogens is 443 g/mol. The van der Waals surface area contributed by atoms with Crippen LogP contribution in [0, 0.1) is 11.3 Å². The highest BCUT2D eigenvalue weighted by Gasteiger charge is 2.18. The Morgan fingerprint density at radius 1 is 1.28 bits per heavy atom. The number of H-pyrrole nitrogens is 1. The summed E-state index contributed by atoms with van der Waals surface area (Å²) in [4.78, 5) is -0.485. The van der Waals surface area contributed by atoms with Crippen molar-refractivity contribution in [1.82, 2.24) is 20.6 Å². The van der Waals surface area contributed by atoms with Crippen molar-refractivity contribution in [3.8, 4) is 17.6 Å². The van der Waals surface area contributed by atoms with Crippen LogP contribution in [-0.4, -0.2) is 33.6 Å². The van der Waals surface area contributed by atoms with E-state index in [1.54, 1.807) is 6.07 Å². The monoisotopic (exact) mass is 452 g/mol. The summed E-state index contributed by atoms with van der Waals surface area (Å²) in [6.45, 7) is 0. The van der Waals surface area contributed by atoms with Gasteiger partial charge in [-0.05, 0) is 35.5 Å². The molecule has 0 saturated heterocycles. The summed E-state index contributed by atoms with van der Waals surface area (Å²) in [5.74, 6) is 0.336. The van der Waals surface area contributed by atoms with Crippen molar-refractivity contribution < 1.29 is 17.7 Å². The molecule has 13 heteroatoms. The summed E-state index contributed by atoms with van der Waals surface area (Å²) in [5, 5.41) is 25.3. The topological polar surface area (TPSA) is 154 Å². The predicted octanol–water partition coefficient (Wildman–Crippen LogP) is 3.52. The number of aromatic amines is 1. The average Bonchev–Trinajstić information content (AvgIpc) is 3.19. The largest absolute Gasteiger partial charge is 0.456 e. The van der Waals surface area contributed by atoms with Gasteiger partial charge in [0.1, 0.15) is 28.0 Å². The molecule has 2 aromatic carbocycles. The summed E-state index contributed by atoms with van der Waals surface area (Å²) in [6, 6.07) is 10.2. The van der Waals surface area contributed by atoms with E-state index >= 15 is 0 Å². The lowest BCUT2D eigenvalue weighted by Gasteiger charge is -2.12. The van der Waals surface area contributed by atoms with Crippen molar-refractivity contribution in [2.24, 2.45) is 0 Å². The number of benzene rings is 2. The first-order valence-corrected chi connectivity index (χ1v) is 9.82. The number of allylic oxidation sites excluding steroid dienone is 1. The Morgan fingerprint density at radius 2 is 2.07 bits per heavy atom. The predicted molar refractivity (Wildman–Crippen MR) is 104 cm³/mol. The summed E-state index contributed by atoms with van der Waals surface area (Å²) >= 11 is 11.9. The number of hydrogen-bond acceptors (Lipinski definition) is 8. The lowest BCUT2D eigenvalue weighted by atomic mass is 10.2. The van der Waals surface area contributed by atoms with Gasteiger partial charge in [0, 0.05) is 17.3 Å². The highest BCUT2D eigenvalue weighted by Crippen LogP contribution is 2.34. The fraction of sp³-hybridized carbons (Fsp3) is 0. The molecule has 29 heavy (non-hydrogen) atoms. The third-order valence-electron chi connectivity index (χ3n) is 3.43. The molecule has 0 amide bonds. The van der Waals surface area contributed by atoms with E-state index in [0.717, 1.165) is 6.07 Å². The maximum Gasteiger partial charge on any atom is 0.296 e. The van der Waals surface area contributed by atoms with Crippen LogP contribution in [0.4, 0.5) is 5.69 Å². The van der Waals surface area contributed by atoms with Gasteiger partial charge in [0.25, 0.3) is 10.1 Å². The van der Waals surface area contributed by atoms with Gasteiger partial charge in [-0.1, -0.05) is 23.2 Å². The van der Waals surface area contributed by atoms with Crippen molar-refractivity contribution in [1.29, 1.82) is 5.26 Å². The third-order valence-corrected chi connectivity index (χ3v) is 4.86. The SMILES string of the molecule is N#CC(=CNc1ccc(Oc2ccc(Cl)cc2Cl)cc1S(=O)(=O)O)c1nn[nH]n1. The van der Waals surface area contributed by atoms with E-state index in [2.05, 4.69) is 25.9 Å². The van der Waals surface area contributed by atoms with Gasteiger partial charge in [-0.2, -0.15) is 18.9 Å². The molecule has 3 rings (SSSR count). The number of halogens is 2. The molecule has 3 aromatic rings. The standard InChI is InChI=1S/C16H10Cl2N6O4S/c17-10-1-4-14(12(18)5-10)28-11-2-3-13(15(6-11)29(25,26)27)20-8-9(7-19)16-21-23-24-22-16/h1-6,8,20H,(H,25,26,27)(H,21,22,23,24). The van der Waals surface area contributed by atoms with Crippen molar-refractivity contribution in [3.05, 3.63) is 58.5 Å². The molecule has 148 valence electrons. The molecule has 0 aliphatic rings. The number of hydrogen-bond donors (Lipinski definition) is 3. The molecule has 0 aliphatic heterocycles. The van der Waals surface area contributed by atoms with Gasteiger partial charge in [0.05, 0.1) is 10.7 Å². The molecule has 0 radical (unpaired) electrons. The molecule has 10 nitrogen and oxygen atoms in total. The first kappa shape index (κ1) is 20.6. The zero-order valence-electron chi connectivity index (χ0n) is 14.2.